The van der Waals surface area contributed by atoms with Crippen LogP contribution in [-0.2, 0) is 7.05 Å². The van der Waals surface area contributed by atoms with Crippen LogP contribution >= 0.6 is 0 Å². The van der Waals surface area contributed by atoms with E-state index in [0.717, 1.165) is 11.2 Å². The molecule has 0 spiro atoms. The first-order valence-corrected chi connectivity index (χ1v) is 5.91. The molecule has 0 bridgehead atoms. The van der Waals surface area contributed by atoms with Crippen molar-refractivity contribution < 1.29 is 9.52 Å². The summed E-state index contributed by atoms with van der Waals surface area (Å²) >= 11 is 0. The van der Waals surface area contributed by atoms with Crippen molar-refractivity contribution in [3.05, 3.63) is 28.7 Å². The van der Waals surface area contributed by atoms with Crippen molar-refractivity contribution in [3.8, 4) is 0 Å². The lowest BCUT2D eigenvalue weighted by Crippen LogP contribution is -2.31. The highest BCUT2D eigenvalue weighted by Gasteiger charge is 2.17. The van der Waals surface area contributed by atoms with Crippen LogP contribution in [0.5, 0.6) is 0 Å². The summed E-state index contributed by atoms with van der Waals surface area (Å²) in [5, 5.41) is 12.3. The molecule has 0 saturated carbocycles. The minimum Gasteiger partial charge on any atom is -0.408 e. The van der Waals surface area contributed by atoms with E-state index in [-0.39, 0.29) is 17.9 Å². The van der Waals surface area contributed by atoms with E-state index in [9.17, 15) is 4.79 Å². The Balaban J connectivity index is 2.33. The number of hydrogen-bond acceptors (Lipinski definition) is 4. The van der Waals surface area contributed by atoms with Gasteiger partial charge in [0.15, 0.2) is 5.58 Å². The molecular weight excluding hydrogens is 232 g/mol. The predicted molar refractivity (Wildman–Crippen MR) is 70.9 cm³/mol. The monoisotopic (exact) mass is 250 g/mol. The molecule has 2 N–H and O–H groups in total. The molecule has 5 heteroatoms. The molecule has 18 heavy (non-hydrogen) atoms. The molecule has 0 atom stereocenters. The number of aromatic nitrogens is 1. The molecule has 5 nitrogen and oxygen atoms in total. The van der Waals surface area contributed by atoms with Gasteiger partial charge in [-0.2, -0.15) is 0 Å². The second-order valence-electron chi connectivity index (χ2n) is 5.09. The Kier molecular flexibility index (Phi) is 3.17. The van der Waals surface area contributed by atoms with E-state index >= 15 is 0 Å². The van der Waals surface area contributed by atoms with Crippen LogP contribution in [0.15, 0.2) is 27.4 Å². The summed E-state index contributed by atoms with van der Waals surface area (Å²) in [4.78, 5) is 11.4. The minimum absolute atomic E-state index is 0.128. The molecule has 0 unspecified atom stereocenters. The maximum absolute atomic E-state index is 11.4. The van der Waals surface area contributed by atoms with Gasteiger partial charge in [-0.3, -0.25) is 4.57 Å². The first-order chi connectivity index (χ1) is 8.43. The number of aryl methyl sites for hydroxylation is 1. The highest BCUT2D eigenvalue weighted by atomic mass is 16.4. The summed E-state index contributed by atoms with van der Waals surface area (Å²) in [6, 6.07) is 5.55. The molecule has 0 aliphatic carbocycles. The topological polar surface area (TPSA) is 67.4 Å². The summed E-state index contributed by atoms with van der Waals surface area (Å²) in [7, 11) is 1.68. The van der Waals surface area contributed by atoms with E-state index < -0.39 is 0 Å². The maximum Gasteiger partial charge on any atom is 0.419 e. The van der Waals surface area contributed by atoms with Gasteiger partial charge in [-0.25, -0.2) is 4.79 Å². The van der Waals surface area contributed by atoms with Gasteiger partial charge in [-0.15, -0.1) is 0 Å². The lowest BCUT2D eigenvalue weighted by molar-refractivity contribution is 0.261. The van der Waals surface area contributed by atoms with E-state index in [1.54, 1.807) is 13.1 Å². The van der Waals surface area contributed by atoms with Crippen LogP contribution in [0, 0.1) is 0 Å². The van der Waals surface area contributed by atoms with Crippen molar-refractivity contribution in [2.75, 3.05) is 11.9 Å². The van der Waals surface area contributed by atoms with E-state index in [0.29, 0.717) is 12.0 Å². The summed E-state index contributed by atoms with van der Waals surface area (Å²) in [5.41, 5.74) is 1.99. The maximum atomic E-state index is 11.4. The molecule has 1 aromatic heterocycles. The number of aliphatic hydroxyl groups excluding tert-OH is 1. The number of oxazole rings is 1. The van der Waals surface area contributed by atoms with Crippen LogP contribution in [0.3, 0.4) is 0 Å². The van der Waals surface area contributed by atoms with E-state index in [4.69, 9.17) is 9.52 Å². The summed E-state index contributed by atoms with van der Waals surface area (Å²) in [6.07, 6.45) is 0.643. The van der Waals surface area contributed by atoms with Crippen molar-refractivity contribution in [2.24, 2.45) is 7.05 Å². The number of nitrogens with one attached hydrogen (secondary N) is 1. The van der Waals surface area contributed by atoms with Crippen LogP contribution in [-0.4, -0.2) is 21.8 Å². The number of nitrogens with zero attached hydrogens (tertiary/aromatic N) is 1. The third-order valence-electron chi connectivity index (χ3n) is 3.01. The van der Waals surface area contributed by atoms with Crippen molar-refractivity contribution in [1.82, 2.24) is 4.57 Å². The Bertz CT molecular complexity index is 610. The third-order valence-corrected chi connectivity index (χ3v) is 3.01. The predicted octanol–water partition coefficient (Wildman–Crippen LogP) is 1.70. The SMILES string of the molecule is Cn1c(=O)oc2cc(NC(C)(C)CCO)ccc21. The normalized spacial score (nSPS) is 12.0. The van der Waals surface area contributed by atoms with Crippen LogP contribution in [0.2, 0.25) is 0 Å². The number of anilines is 1. The minimum atomic E-state index is -0.364. The Labute approximate surface area is 105 Å². The van der Waals surface area contributed by atoms with Gasteiger partial charge in [0, 0.05) is 30.9 Å². The Morgan fingerprint density at radius 3 is 2.83 bits per heavy atom. The number of hydrogen-bond donors (Lipinski definition) is 2. The van der Waals surface area contributed by atoms with E-state index in [2.05, 4.69) is 5.32 Å². The molecule has 2 aromatic rings. The summed E-state index contributed by atoms with van der Waals surface area (Å²) in [5.74, 6) is -0.364. The zero-order valence-corrected chi connectivity index (χ0v) is 10.9. The fourth-order valence-electron chi connectivity index (χ4n) is 1.94. The number of aliphatic hydroxyl groups is 1. The highest BCUT2D eigenvalue weighted by molar-refractivity contribution is 5.77. The molecule has 0 fully saturated rings. The van der Waals surface area contributed by atoms with Gasteiger partial charge in [0.2, 0.25) is 0 Å². The fourth-order valence-corrected chi connectivity index (χ4v) is 1.94. The van der Waals surface area contributed by atoms with E-state index in [1.807, 2.05) is 26.0 Å². The van der Waals surface area contributed by atoms with Gasteiger partial charge in [-0.1, -0.05) is 0 Å². The average Bonchev–Trinajstić information content (AvgIpc) is 2.53. The van der Waals surface area contributed by atoms with Crippen molar-refractivity contribution in [3.63, 3.8) is 0 Å². The van der Waals surface area contributed by atoms with Gasteiger partial charge < -0.3 is 14.8 Å². The molecule has 0 radical (unpaired) electrons. The molecule has 98 valence electrons. The second kappa shape index (κ2) is 4.49. The van der Waals surface area contributed by atoms with Crippen molar-refractivity contribution in [2.45, 2.75) is 25.8 Å². The summed E-state index contributed by atoms with van der Waals surface area (Å²) < 4.78 is 6.60. The highest BCUT2D eigenvalue weighted by Crippen LogP contribution is 2.22. The molecule has 0 amide bonds. The van der Waals surface area contributed by atoms with Crippen LogP contribution in [0.1, 0.15) is 20.3 Å². The second-order valence-corrected chi connectivity index (χ2v) is 5.09. The van der Waals surface area contributed by atoms with Crippen molar-refractivity contribution in [1.29, 1.82) is 0 Å². The molecule has 1 heterocycles. The molecular formula is C13H18N2O3. The van der Waals surface area contributed by atoms with Gasteiger partial charge in [-0.05, 0) is 32.4 Å². The quantitative estimate of drug-likeness (QED) is 0.866. The number of rotatable bonds is 4. The Morgan fingerprint density at radius 1 is 1.44 bits per heavy atom. The largest absolute Gasteiger partial charge is 0.419 e. The number of benzene rings is 1. The number of fused-ring (bicyclic) bond motifs is 1. The first kappa shape index (κ1) is 12.7. The van der Waals surface area contributed by atoms with Crippen LogP contribution < -0.4 is 11.1 Å². The van der Waals surface area contributed by atoms with Gasteiger partial charge in [0.25, 0.3) is 0 Å². The van der Waals surface area contributed by atoms with Gasteiger partial charge >= 0.3 is 5.76 Å². The molecule has 0 saturated heterocycles. The van der Waals surface area contributed by atoms with Gasteiger partial charge in [0.05, 0.1) is 5.52 Å². The average molecular weight is 250 g/mol. The standard InChI is InChI=1S/C13H18N2O3/c1-13(2,6-7-16)14-9-4-5-10-11(8-9)18-12(17)15(10)3/h4-5,8,14,16H,6-7H2,1-3H3. The third kappa shape index (κ3) is 2.41. The smallest absolute Gasteiger partial charge is 0.408 e. The molecule has 0 aliphatic rings. The van der Waals surface area contributed by atoms with Crippen molar-refractivity contribution >= 4 is 16.8 Å². The zero-order valence-electron chi connectivity index (χ0n) is 10.9. The van der Waals surface area contributed by atoms with Gasteiger partial charge in [0.1, 0.15) is 0 Å². The lowest BCUT2D eigenvalue weighted by atomic mass is 10.0. The molecule has 2 rings (SSSR count). The summed E-state index contributed by atoms with van der Waals surface area (Å²) in [6.45, 7) is 4.14. The first-order valence-electron chi connectivity index (χ1n) is 5.91. The fraction of sp³-hybridized carbons (Fsp3) is 0.462. The molecule has 1 aromatic carbocycles. The van der Waals surface area contributed by atoms with Crippen LogP contribution in [0.4, 0.5) is 5.69 Å². The zero-order chi connectivity index (χ0) is 13.3. The Morgan fingerprint density at radius 2 is 2.17 bits per heavy atom. The van der Waals surface area contributed by atoms with E-state index in [1.165, 1.54) is 4.57 Å². The Hall–Kier alpha value is -1.75. The van der Waals surface area contributed by atoms with Crippen LogP contribution in [0.25, 0.3) is 11.1 Å². The molecule has 0 aliphatic heterocycles. The lowest BCUT2D eigenvalue weighted by Gasteiger charge is -2.26.